The highest BCUT2D eigenvalue weighted by atomic mass is 16.5. The summed E-state index contributed by atoms with van der Waals surface area (Å²) in [5.74, 6) is -1.66. The molecule has 0 saturated carbocycles. The lowest BCUT2D eigenvalue weighted by Gasteiger charge is -2.46. The second-order valence-corrected chi connectivity index (χ2v) is 7.33. The Kier molecular flexibility index (Phi) is 4.50. The van der Waals surface area contributed by atoms with Gasteiger partial charge in [0.15, 0.2) is 0 Å². The minimum absolute atomic E-state index is 0.254. The molecule has 0 radical (unpaired) electrons. The summed E-state index contributed by atoms with van der Waals surface area (Å²) in [7, 11) is 1.48. The van der Waals surface area contributed by atoms with Gasteiger partial charge < -0.3 is 20.9 Å². The van der Waals surface area contributed by atoms with Gasteiger partial charge in [0.1, 0.15) is 11.2 Å². The van der Waals surface area contributed by atoms with Crippen molar-refractivity contribution in [2.45, 2.75) is 17.4 Å². The third kappa shape index (κ3) is 2.75. The Balaban J connectivity index is 1.87. The van der Waals surface area contributed by atoms with Gasteiger partial charge in [0.05, 0.1) is 24.8 Å². The summed E-state index contributed by atoms with van der Waals surface area (Å²) in [6, 6.07) is 7.12. The monoisotopic (exact) mass is 394 g/mol. The SMILES string of the molecule is COC1=CC(N)(C2CCNC2=O)C(C(=O)O)(c2ccc(-c3cn[nH]c3)cc2)C=C1. The van der Waals surface area contributed by atoms with E-state index in [9.17, 15) is 14.7 Å². The van der Waals surface area contributed by atoms with Crippen LogP contribution < -0.4 is 11.1 Å². The molecule has 3 unspecified atom stereocenters. The average Bonchev–Trinajstić information content (AvgIpc) is 3.40. The zero-order valence-corrected chi connectivity index (χ0v) is 15.9. The number of aliphatic carboxylic acids is 1. The number of nitrogens with zero attached hydrogens (tertiary/aromatic N) is 1. The third-order valence-electron chi connectivity index (χ3n) is 5.93. The fourth-order valence-corrected chi connectivity index (χ4v) is 4.36. The molecular weight excluding hydrogens is 372 g/mol. The van der Waals surface area contributed by atoms with Crippen molar-refractivity contribution in [1.29, 1.82) is 0 Å². The molecule has 150 valence electrons. The van der Waals surface area contributed by atoms with E-state index in [1.807, 2.05) is 12.1 Å². The Morgan fingerprint density at radius 3 is 2.62 bits per heavy atom. The number of nitrogens with two attached hydrogens (primary N) is 1. The Hall–Kier alpha value is -3.39. The Bertz CT molecular complexity index is 996. The number of hydrogen-bond acceptors (Lipinski definition) is 5. The van der Waals surface area contributed by atoms with Gasteiger partial charge in [-0.2, -0.15) is 5.10 Å². The van der Waals surface area contributed by atoms with Crippen molar-refractivity contribution in [3.05, 3.63) is 66.2 Å². The summed E-state index contributed by atoms with van der Waals surface area (Å²) in [5, 5.41) is 19.8. The topological polar surface area (TPSA) is 130 Å². The maximum absolute atomic E-state index is 12.7. The molecule has 8 heteroatoms. The van der Waals surface area contributed by atoms with Crippen LogP contribution >= 0.6 is 0 Å². The summed E-state index contributed by atoms with van der Waals surface area (Å²) in [6.07, 6.45) is 8.58. The summed E-state index contributed by atoms with van der Waals surface area (Å²) < 4.78 is 5.32. The number of amides is 1. The molecule has 1 aliphatic carbocycles. The van der Waals surface area contributed by atoms with E-state index < -0.39 is 22.8 Å². The first kappa shape index (κ1) is 18.9. The zero-order chi connectivity index (χ0) is 20.6. The zero-order valence-electron chi connectivity index (χ0n) is 15.9. The number of aromatic amines is 1. The van der Waals surface area contributed by atoms with E-state index in [0.29, 0.717) is 24.3 Å². The lowest BCUT2D eigenvalue weighted by Crippen LogP contribution is -2.66. The van der Waals surface area contributed by atoms with Crippen molar-refractivity contribution in [1.82, 2.24) is 15.5 Å². The molecule has 3 atom stereocenters. The van der Waals surface area contributed by atoms with Gasteiger partial charge in [-0.05, 0) is 29.7 Å². The smallest absolute Gasteiger partial charge is 0.320 e. The van der Waals surface area contributed by atoms with Crippen LogP contribution in [0.5, 0.6) is 0 Å². The minimum Gasteiger partial charge on any atom is -0.497 e. The summed E-state index contributed by atoms with van der Waals surface area (Å²) in [5.41, 5.74) is 5.93. The van der Waals surface area contributed by atoms with Gasteiger partial charge in [0.2, 0.25) is 5.91 Å². The van der Waals surface area contributed by atoms with Crippen LogP contribution in [-0.2, 0) is 19.7 Å². The van der Waals surface area contributed by atoms with E-state index in [2.05, 4.69) is 15.5 Å². The molecule has 2 aliphatic rings. The molecule has 29 heavy (non-hydrogen) atoms. The molecule has 1 aliphatic heterocycles. The second-order valence-electron chi connectivity index (χ2n) is 7.33. The van der Waals surface area contributed by atoms with Crippen molar-refractivity contribution < 1.29 is 19.4 Å². The van der Waals surface area contributed by atoms with E-state index in [1.165, 1.54) is 13.2 Å². The number of H-pyrrole nitrogens is 1. The van der Waals surface area contributed by atoms with Crippen molar-refractivity contribution in [2.75, 3.05) is 13.7 Å². The number of carbonyl (C=O) groups excluding carboxylic acids is 1. The van der Waals surface area contributed by atoms with E-state index in [1.54, 1.807) is 36.7 Å². The number of hydrogen-bond donors (Lipinski definition) is 4. The Labute approximate surface area is 167 Å². The maximum atomic E-state index is 12.7. The molecule has 1 fully saturated rings. The molecule has 2 aromatic rings. The summed E-state index contributed by atoms with van der Waals surface area (Å²) in [4.78, 5) is 25.3. The number of rotatable bonds is 5. The van der Waals surface area contributed by atoms with Crippen molar-refractivity contribution in [2.24, 2.45) is 11.7 Å². The lowest BCUT2D eigenvalue weighted by atomic mass is 9.58. The predicted molar refractivity (Wildman–Crippen MR) is 106 cm³/mol. The molecule has 4 rings (SSSR count). The molecule has 8 nitrogen and oxygen atoms in total. The van der Waals surface area contributed by atoms with Gasteiger partial charge in [0, 0.05) is 18.3 Å². The van der Waals surface area contributed by atoms with Gasteiger partial charge >= 0.3 is 5.97 Å². The number of ether oxygens (including phenoxy) is 1. The van der Waals surface area contributed by atoms with Crippen LogP contribution in [0.4, 0.5) is 0 Å². The molecule has 1 aromatic carbocycles. The largest absolute Gasteiger partial charge is 0.497 e. The van der Waals surface area contributed by atoms with E-state index in [4.69, 9.17) is 10.5 Å². The van der Waals surface area contributed by atoms with Crippen LogP contribution in [0.25, 0.3) is 11.1 Å². The number of nitrogens with one attached hydrogen (secondary N) is 2. The van der Waals surface area contributed by atoms with E-state index in [0.717, 1.165) is 11.1 Å². The Morgan fingerprint density at radius 2 is 2.07 bits per heavy atom. The minimum atomic E-state index is -1.63. The number of allylic oxidation sites excluding steroid dienone is 1. The van der Waals surface area contributed by atoms with Crippen molar-refractivity contribution in [3.8, 4) is 11.1 Å². The highest BCUT2D eigenvalue weighted by Gasteiger charge is 2.61. The first-order valence-corrected chi connectivity index (χ1v) is 9.28. The van der Waals surface area contributed by atoms with Crippen LogP contribution in [0.3, 0.4) is 0 Å². The van der Waals surface area contributed by atoms with Gasteiger partial charge in [-0.25, -0.2) is 0 Å². The highest BCUT2D eigenvalue weighted by molar-refractivity contribution is 5.92. The van der Waals surface area contributed by atoms with Crippen LogP contribution in [0.15, 0.2) is 60.6 Å². The van der Waals surface area contributed by atoms with Crippen LogP contribution in [-0.4, -0.2) is 46.4 Å². The number of methoxy groups -OCH3 is 1. The van der Waals surface area contributed by atoms with Crippen LogP contribution in [0.1, 0.15) is 12.0 Å². The fraction of sp³-hybridized carbons (Fsp3) is 0.286. The summed E-state index contributed by atoms with van der Waals surface area (Å²) in [6.45, 7) is 0.456. The number of benzene rings is 1. The molecule has 5 N–H and O–H groups in total. The van der Waals surface area contributed by atoms with Crippen LogP contribution in [0.2, 0.25) is 0 Å². The van der Waals surface area contributed by atoms with Crippen LogP contribution in [0, 0.1) is 5.92 Å². The molecule has 2 heterocycles. The first-order chi connectivity index (χ1) is 13.9. The summed E-state index contributed by atoms with van der Waals surface area (Å²) >= 11 is 0. The van der Waals surface area contributed by atoms with Gasteiger partial charge in [0.25, 0.3) is 0 Å². The molecule has 0 spiro atoms. The van der Waals surface area contributed by atoms with Crippen molar-refractivity contribution in [3.63, 3.8) is 0 Å². The Morgan fingerprint density at radius 1 is 1.31 bits per heavy atom. The second kappa shape index (κ2) is 6.89. The number of carbonyl (C=O) groups is 2. The van der Waals surface area contributed by atoms with Crippen molar-refractivity contribution >= 4 is 11.9 Å². The normalized spacial score (nSPS) is 28.7. The number of carboxylic acid groups (broad SMARTS) is 1. The molecule has 1 aromatic heterocycles. The lowest BCUT2D eigenvalue weighted by molar-refractivity contribution is -0.145. The average molecular weight is 394 g/mol. The number of carboxylic acids is 1. The number of aromatic nitrogens is 2. The third-order valence-corrected chi connectivity index (χ3v) is 5.93. The van der Waals surface area contributed by atoms with E-state index >= 15 is 0 Å². The molecule has 0 bridgehead atoms. The maximum Gasteiger partial charge on any atom is 0.320 e. The quantitative estimate of drug-likeness (QED) is 0.605. The molecular formula is C21H22N4O4. The predicted octanol–water partition coefficient (Wildman–Crippen LogP) is 1.33. The van der Waals surface area contributed by atoms with Gasteiger partial charge in [-0.3, -0.25) is 14.7 Å². The first-order valence-electron chi connectivity index (χ1n) is 9.28. The van der Waals surface area contributed by atoms with Gasteiger partial charge in [-0.1, -0.05) is 30.3 Å². The fourth-order valence-electron chi connectivity index (χ4n) is 4.36. The standard InChI is InChI=1S/C21H22N4O4/c1-29-16-6-8-20(19(27)28,21(22,10-16)17-7-9-23-18(17)26)15-4-2-13(3-5-15)14-11-24-25-12-14/h2-6,8,10-12,17H,7,9,22H2,1H3,(H,23,26)(H,24,25)(H,27,28). The highest BCUT2D eigenvalue weighted by Crippen LogP contribution is 2.47. The molecule has 1 amide bonds. The van der Waals surface area contributed by atoms with E-state index in [-0.39, 0.29) is 5.91 Å². The molecule has 1 saturated heterocycles. The van der Waals surface area contributed by atoms with Gasteiger partial charge in [-0.15, -0.1) is 0 Å².